The Balaban J connectivity index is 2.39. The third kappa shape index (κ3) is 2.20. The Morgan fingerprint density at radius 2 is 2.18 bits per heavy atom. The van der Waals surface area contributed by atoms with Crippen molar-refractivity contribution >= 4 is 0 Å². The van der Waals surface area contributed by atoms with Crippen LogP contribution in [0.3, 0.4) is 0 Å². The maximum absolute atomic E-state index is 8.76. The van der Waals surface area contributed by atoms with Crippen molar-refractivity contribution in [1.82, 2.24) is 5.32 Å². The zero-order valence-electron chi connectivity index (χ0n) is 7.30. The first-order valence-electron chi connectivity index (χ1n) is 4.39. The molecule has 0 aromatic carbocycles. The van der Waals surface area contributed by atoms with Crippen molar-refractivity contribution < 1.29 is 0 Å². The maximum Gasteiger partial charge on any atom is 0.0672 e. The van der Waals surface area contributed by atoms with Crippen LogP contribution in [0.2, 0.25) is 0 Å². The van der Waals surface area contributed by atoms with E-state index in [9.17, 15) is 0 Å². The molecule has 2 atom stereocenters. The van der Waals surface area contributed by atoms with Crippen molar-refractivity contribution in [3.63, 3.8) is 0 Å². The maximum atomic E-state index is 8.76. The first kappa shape index (κ1) is 8.55. The number of rotatable bonds is 2. The predicted octanol–water partition coefficient (Wildman–Crippen LogP) is 1.68. The lowest BCUT2D eigenvalue weighted by atomic mass is 10.1. The Kier molecular flexibility index (Phi) is 2.90. The molecule has 0 aromatic heterocycles. The van der Waals surface area contributed by atoms with Crippen LogP contribution in [0.5, 0.6) is 0 Å². The van der Waals surface area contributed by atoms with Crippen molar-refractivity contribution in [1.29, 1.82) is 5.26 Å². The van der Waals surface area contributed by atoms with Crippen LogP contribution < -0.4 is 5.32 Å². The number of hydrogen-bond donors (Lipinski definition) is 1. The van der Waals surface area contributed by atoms with Gasteiger partial charge in [0.15, 0.2) is 0 Å². The van der Waals surface area contributed by atoms with E-state index in [1.165, 1.54) is 12.8 Å². The van der Waals surface area contributed by atoms with Gasteiger partial charge in [-0.15, -0.1) is 0 Å². The van der Waals surface area contributed by atoms with Gasteiger partial charge in [0.25, 0.3) is 0 Å². The number of nitrogens with one attached hydrogen (secondary N) is 1. The van der Waals surface area contributed by atoms with Gasteiger partial charge in [0, 0.05) is 12.1 Å². The fourth-order valence-corrected chi connectivity index (χ4v) is 1.74. The number of hydrogen-bond acceptors (Lipinski definition) is 2. The molecule has 1 rings (SSSR count). The van der Waals surface area contributed by atoms with Crippen LogP contribution in [0.1, 0.15) is 33.1 Å². The summed E-state index contributed by atoms with van der Waals surface area (Å²) >= 11 is 0. The van der Waals surface area contributed by atoms with E-state index >= 15 is 0 Å². The smallest absolute Gasteiger partial charge is 0.0672 e. The molecule has 2 nitrogen and oxygen atoms in total. The van der Waals surface area contributed by atoms with Gasteiger partial charge in [-0.1, -0.05) is 20.3 Å². The van der Waals surface area contributed by atoms with Gasteiger partial charge >= 0.3 is 0 Å². The Bertz CT molecular complexity index is 157. The van der Waals surface area contributed by atoms with Crippen molar-refractivity contribution in [2.75, 3.05) is 0 Å². The zero-order valence-corrected chi connectivity index (χ0v) is 7.30. The third-order valence-electron chi connectivity index (χ3n) is 2.23. The highest BCUT2D eigenvalue weighted by molar-refractivity contribution is 4.96. The standard InChI is InChI=1S/C9H16N2/c1-7(2)11-9-5-3-4-8(9)6-10/h7-9,11H,3-5H2,1-2H3. The lowest BCUT2D eigenvalue weighted by Gasteiger charge is -2.18. The molecule has 1 fully saturated rings. The highest BCUT2D eigenvalue weighted by Gasteiger charge is 2.26. The van der Waals surface area contributed by atoms with Gasteiger partial charge in [0.05, 0.1) is 12.0 Å². The van der Waals surface area contributed by atoms with Gasteiger partial charge in [0.1, 0.15) is 0 Å². The topological polar surface area (TPSA) is 35.8 Å². The summed E-state index contributed by atoms with van der Waals surface area (Å²) in [5.74, 6) is 0.261. The monoisotopic (exact) mass is 152 g/mol. The minimum absolute atomic E-state index is 0.261. The lowest BCUT2D eigenvalue weighted by molar-refractivity contribution is 0.426. The second-order valence-electron chi connectivity index (χ2n) is 3.59. The fraction of sp³-hybridized carbons (Fsp3) is 0.889. The van der Waals surface area contributed by atoms with E-state index in [2.05, 4.69) is 25.2 Å². The molecule has 0 heterocycles. The molecule has 0 aliphatic heterocycles. The van der Waals surface area contributed by atoms with Crippen LogP contribution in [-0.2, 0) is 0 Å². The molecule has 0 bridgehead atoms. The zero-order chi connectivity index (χ0) is 8.27. The van der Waals surface area contributed by atoms with Crippen LogP contribution in [0.4, 0.5) is 0 Å². The summed E-state index contributed by atoms with van der Waals surface area (Å²) in [6, 6.07) is 3.32. The fourth-order valence-electron chi connectivity index (χ4n) is 1.74. The Morgan fingerprint density at radius 3 is 2.73 bits per heavy atom. The van der Waals surface area contributed by atoms with Crippen molar-refractivity contribution in [2.24, 2.45) is 5.92 Å². The SMILES string of the molecule is CC(C)NC1CCCC1C#N. The molecule has 1 aliphatic rings. The van der Waals surface area contributed by atoms with E-state index in [1.807, 2.05) is 0 Å². The Labute approximate surface area is 68.6 Å². The van der Waals surface area contributed by atoms with Crippen molar-refractivity contribution in [3.05, 3.63) is 0 Å². The second kappa shape index (κ2) is 3.73. The Morgan fingerprint density at radius 1 is 1.45 bits per heavy atom. The van der Waals surface area contributed by atoms with E-state index in [1.54, 1.807) is 0 Å². The summed E-state index contributed by atoms with van der Waals surface area (Å²) in [6.45, 7) is 4.26. The van der Waals surface area contributed by atoms with Crippen LogP contribution in [0, 0.1) is 17.2 Å². The molecular formula is C9H16N2. The van der Waals surface area contributed by atoms with Gasteiger partial charge in [-0.05, 0) is 12.8 Å². The summed E-state index contributed by atoms with van der Waals surface area (Å²) in [6.07, 6.45) is 3.47. The van der Waals surface area contributed by atoms with E-state index in [4.69, 9.17) is 5.26 Å². The number of nitriles is 1. The summed E-state index contributed by atoms with van der Waals surface area (Å²) in [7, 11) is 0. The lowest BCUT2D eigenvalue weighted by Crippen LogP contribution is -2.36. The molecular weight excluding hydrogens is 136 g/mol. The van der Waals surface area contributed by atoms with E-state index in [-0.39, 0.29) is 5.92 Å². The van der Waals surface area contributed by atoms with Gasteiger partial charge in [-0.25, -0.2) is 0 Å². The minimum atomic E-state index is 0.261. The van der Waals surface area contributed by atoms with Gasteiger partial charge in [0.2, 0.25) is 0 Å². The summed E-state index contributed by atoms with van der Waals surface area (Å²) in [4.78, 5) is 0. The van der Waals surface area contributed by atoms with Crippen LogP contribution in [-0.4, -0.2) is 12.1 Å². The average molecular weight is 152 g/mol. The molecule has 0 aromatic rings. The van der Waals surface area contributed by atoms with Crippen molar-refractivity contribution in [2.45, 2.75) is 45.2 Å². The quantitative estimate of drug-likeness (QED) is 0.653. The normalized spacial score (nSPS) is 30.7. The third-order valence-corrected chi connectivity index (χ3v) is 2.23. The molecule has 62 valence electrons. The van der Waals surface area contributed by atoms with Gasteiger partial charge in [-0.2, -0.15) is 5.26 Å². The van der Waals surface area contributed by atoms with E-state index in [0.29, 0.717) is 12.1 Å². The molecule has 0 spiro atoms. The second-order valence-corrected chi connectivity index (χ2v) is 3.59. The van der Waals surface area contributed by atoms with Crippen LogP contribution in [0.25, 0.3) is 0 Å². The Hall–Kier alpha value is -0.550. The van der Waals surface area contributed by atoms with Crippen LogP contribution >= 0.6 is 0 Å². The summed E-state index contributed by atoms with van der Waals surface area (Å²) < 4.78 is 0. The number of nitrogens with zero attached hydrogens (tertiary/aromatic N) is 1. The predicted molar refractivity (Wildman–Crippen MR) is 45.0 cm³/mol. The largest absolute Gasteiger partial charge is 0.310 e. The molecule has 1 aliphatic carbocycles. The molecule has 2 unspecified atom stereocenters. The molecule has 2 heteroatoms. The van der Waals surface area contributed by atoms with Crippen molar-refractivity contribution in [3.8, 4) is 6.07 Å². The molecule has 1 saturated carbocycles. The molecule has 11 heavy (non-hydrogen) atoms. The molecule has 0 amide bonds. The first-order valence-corrected chi connectivity index (χ1v) is 4.39. The highest BCUT2D eigenvalue weighted by atomic mass is 14.9. The van der Waals surface area contributed by atoms with Gasteiger partial charge in [-0.3, -0.25) is 0 Å². The molecule has 0 radical (unpaired) electrons. The van der Waals surface area contributed by atoms with Gasteiger partial charge < -0.3 is 5.32 Å². The highest BCUT2D eigenvalue weighted by Crippen LogP contribution is 2.24. The minimum Gasteiger partial charge on any atom is -0.310 e. The average Bonchev–Trinajstić information content (AvgIpc) is 2.34. The molecule has 0 saturated heterocycles. The van der Waals surface area contributed by atoms with E-state index in [0.717, 1.165) is 6.42 Å². The van der Waals surface area contributed by atoms with E-state index < -0.39 is 0 Å². The summed E-state index contributed by atoms with van der Waals surface area (Å²) in [5.41, 5.74) is 0. The summed E-state index contributed by atoms with van der Waals surface area (Å²) in [5, 5.41) is 12.2. The van der Waals surface area contributed by atoms with Crippen LogP contribution in [0.15, 0.2) is 0 Å². The molecule has 1 N–H and O–H groups in total. The first-order chi connectivity index (χ1) is 5.24.